The van der Waals surface area contributed by atoms with Gasteiger partial charge in [0.2, 0.25) is 11.8 Å². The number of nitrogens with one attached hydrogen (secondary N) is 1. The molecule has 2 aliphatic rings. The van der Waals surface area contributed by atoms with Crippen LogP contribution in [-0.2, 0) is 9.59 Å². The third-order valence-electron chi connectivity index (χ3n) is 4.35. The summed E-state index contributed by atoms with van der Waals surface area (Å²) in [6, 6.07) is 1.99. The van der Waals surface area contributed by atoms with Crippen molar-refractivity contribution in [2.45, 2.75) is 38.6 Å². The van der Waals surface area contributed by atoms with E-state index in [9.17, 15) is 9.59 Å². The van der Waals surface area contributed by atoms with Crippen LogP contribution in [0.25, 0.3) is 0 Å². The molecule has 0 bridgehead atoms. The molecule has 2 amide bonds. The zero-order valence-electron chi connectivity index (χ0n) is 12.9. The van der Waals surface area contributed by atoms with E-state index in [0.29, 0.717) is 24.7 Å². The van der Waals surface area contributed by atoms with Crippen molar-refractivity contribution in [2.75, 3.05) is 18.4 Å². The fraction of sp³-hybridized carbons (Fsp3) is 0.562. The Morgan fingerprint density at radius 3 is 3.00 bits per heavy atom. The largest absolute Gasteiger partial charge is 0.340 e. The molecule has 1 N–H and O–H groups in total. The quantitative estimate of drug-likeness (QED) is 0.865. The van der Waals surface area contributed by atoms with Crippen LogP contribution in [0.5, 0.6) is 0 Å². The van der Waals surface area contributed by atoms with Gasteiger partial charge in [0.25, 0.3) is 0 Å². The van der Waals surface area contributed by atoms with E-state index in [0.717, 1.165) is 25.8 Å². The van der Waals surface area contributed by atoms with E-state index in [4.69, 9.17) is 0 Å². The van der Waals surface area contributed by atoms with Crippen LogP contribution in [0.4, 0.5) is 5.82 Å². The number of aromatic nitrogens is 2. The van der Waals surface area contributed by atoms with Gasteiger partial charge in [-0.15, -0.1) is 0 Å². The summed E-state index contributed by atoms with van der Waals surface area (Å²) < 4.78 is 1.86. The minimum Gasteiger partial charge on any atom is -0.340 e. The van der Waals surface area contributed by atoms with E-state index in [1.165, 1.54) is 6.92 Å². The molecule has 0 saturated carbocycles. The minimum absolute atomic E-state index is 0.127. The van der Waals surface area contributed by atoms with Gasteiger partial charge in [0.15, 0.2) is 5.82 Å². The smallest absolute Gasteiger partial charge is 0.223 e. The van der Waals surface area contributed by atoms with Gasteiger partial charge in [0.1, 0.15) is 0 Å². The molecule has 2 atom stereocenters. The first-order chi connectivity index (χ1) is 10.6. The Morgan fingerprint density at radius 2 is 2.27 bits per heavy atom. The Kier molecular flexibility index (Phi) is 4.27. The van der Waals surface area contributed by atoms with Crippen molar-refractivity contribution < 1.29 is 9.59 Å². The Hall–Kier alpha value is -2.11. The third kappa shape index (κ3) is 3.37. The number of anilines is 1. The molecule has 2 heterocycles. The van der Waals surface area contributed by atoms with E-state index in [2.05, 4.69) is 22.6 Å². The maximum Gasteiger partial charge on any atom is 0.223 e. The van der Waals surface area contributed by atoms with E-state index in [1.807, 2.05) is 15.8 Å². The van der Waals surface area contributed by atoms with Crippen LogP contribution in [0.3, 0.4) is 0 Å². The van der Waals surface area contributed by atoms with Crippen molar-refractivity contribution in [3.05, 3.63) is 24.4 Å². The monoisotopic (exact) mass is 302 g/mol. The Morgan fingerprint density at radius 1 is 1.41 bits per heavy atom. The third-order valence-corrected chi connectivity index (χ3v) is 4.35. The number of carbonyl (C=O) groups excluding carboxylic acids is 2. The van der Waals surface area contributed by atoms with Crippen molar-refractivity contribution >= 4 is 17.6 Å². The lowest BCUT2D eigenvalue weighted by molar-refractivity contribution is -0.130. The summed E-state index contributed by atoms with van der Waals surface area (Å²) in [4.78, 5) is 25.3. The second-order valence-electron chi connectivity index (χ2n) is 6.11. The van der Waals surface area contributed by atoms with Crippen LogP contribution in [0, 0.1) is 5.92 Å². The molecule has 1 saturated heterocycles. The standard InChI is InChI=1S/C16H22N4O2/c1-12(21)17-15-7-9-20(18-15)14-6-8-19(11-14)16(22)10-13-4-2-3-5-13/h2,4,7,9,13-14H,3,5-6,8,10-11H2,1H3,(H,17,18,21)/t13-,14+/m0/s1. The highest BCUT2D eigenvalue weighted by Gasteiger charge is 2.29. The molecule has 1 aliphatic heterocycles. The molecule has 0 aromatic carbocycles. The van der Waals surface area contributed by atoms with Gasteiger partial charge in [-0.3, -0.25) is 14.3 Å². The molecule has 22 heavy (non-hydrogen) atoms. The molecule has 6 nitrogen and oxygen atoms in total. The number of hydrogen-bond donors (Lipinski definition) is 1. The van der Waals surface area contributed by atoms with Crippen LogP contribution < -0.4 is 5.32 Å². The first-order valence-corrected chi connectivity index (χ1v) is 7.89. The number of amides is 2. The maximum atomic E-state index is 12.3. The van der Waals surface area contributed by atoms with Crippen LogP contribution in [0.15, 0.2) is 24.4 Å². The summed E-state index contributed by atoms with van der Waals surface area (Å²) in [6.07, 6.45) is 9.93. The van der Waals surface area contributed by atoms with Gasteiger partial charge < -0.3 is 10.2 Å². The van der Waals surface area contributed by atoms with Crippen molar-refractivity contribution in [3.63, 3.8) is 0 Å². The summed E-state index contributed by atoms with van der Waals surface area (Å²) in [6.45, 7) is 2.96. The van der Waals surface area contributed by atoms with Gasteiger partial charge in [-0.25, -0.2) is 0 Å². The van der Waals surface area contributed by atoms with E-state index >= 15 is 0 Å². The second kappa shape index (κ2) is 6.34. The van der Waals surface area contributed by atoms with Crippen LogP contribution in [0.1, 0.15) is 38.6 Å². The molecule has 1 fully saturated rings. The van der Waals surface area contributed by atoms with Crippen LogP contribution >= 0.6 is 0 Å². The van der Waals surface area contributed by atoms with Gasteiger partial charge in [0, 0.05) is 38.7 Å². The van der Waals surface area contributed by atoms with Gasteiger partial charge in [-0.1, -0.05) is 12.2 Å². The van der Waals surface area contributed by atoms with Gasteiger partial charge in [0.05, 0.1) is 6.04 Å². The van der Waals surface area contributed by atoms with Crippen molar-refractivity contribution in [1.82, 2.24) is 14.7 Å². The predicted octanol–water partition coefficient (Wildman–Crippen LogP) is 1.97. The number of allylic oxidation sites excluding steroid dienone is 2. The maximum absolute atomic E-state index is 12.3. The molecule has 3 rings (SSSR count). The Balaban J connectivity index is 1.55. The number of carbonyl (C=O) groups is 2. The summed E-state index contributed by atoms with van der Waals surface area (Å²) in [5.74, 6) is 1.10. The number of nitrogens with zero attached hydrogens (tertiary/aromatic N) is 3. The molecule has 118 valence electrons. The normalized spacial score (nSPS) is 24.0. The van der Waals surface area contributed by atoms with Crippen molar-refractivity contribution in [1.29, 1.82) is 0 Å². The number of rotatable bonds is 4. The lowest BCUT2D eigenvalue weighted by atomic mass is 10.0. The lowest BCUT2D eigenvalue weighted by Gasteiger charge is -2.18. The summed E-state index contributed by atoms with van der Waals surface area (Å²) in [5.41, 5.74) is 0. The van der Waals surface area contributed by atoms with Crippen molar-refractivity contribution in [2.24, 2.45) is 5.92 Å². The molecule has 0 unspecified atom stereocenters. The summed E-state index contributed by atoms with van der Waals surface area (Å²) in [7, 11) is 0. The summed E-state index contributed by atoms with van der Waals surface area (Å²) >= 11 is 0. The van der Waals surface area contributed by atoms with Gasteiger partial charge in [-0.05, 0) is 25.2 Å². The minimum atomic E-state index is -0.127. The van der Waals surface area contributed by atoms with E-state index in [1.54, 1.807) is 6.07 Å². The molecule has 1 aromatic heterocycles. The first-order valence-electron chi connectivity index (χ1n) is 7.89. The lowest BCUT2D eigenvalue weighted by Crippen LogP contribution is -2.30. The highest BCUT2D eigenvalue weighted by atomic mass is 16.2. The number of likely N-dealkylation sites (tertiary alicyclic amines) is 1. The van der Waals surface area contributed by atoms with E-state index in [-0.39, 0.29) is 17.9 Å². The number of hydrogen-bond acceptors (Lipinski definition) is 3. The fourth-order valence-electron chi connectivity index (χ4n) is 3.19. The molecule has 0 spiro atoms. The molecule has 1 aliphatic carbocycles. The highest BCUT2D eigenvalue weighted by molar-refractivity contribution is 5.87. The average molecular weight is 302 g/mol. The molecular formula is C16H22N4O2. The SMILES string of the molecule is CC(=O)Nc1ccn([C@@H]2CCN(C(=O)C[C@H]3C=CCC3)C2)n1. The van der Waals surface area contributed by atoms with Crippen LogP contribution in [-0.4, -0.2) is 39.6 Å². The second-order valence-corrected chi connectivity index (χ2v) is 6.11. The molecule has 0 radical (unpaired) electrons. The van der Waals surface area contributed by atoms with Gasteiger partial charge in [-0.2, -0.15) is 5.10 Å². The van der Waals surface area contributed by atoms with Crippen molar-refractivity contribution in [3.8, 4) is 0 Å². The van der Waals surface area contributed by atoms with Gasteiger partial charge >= 0.3 is 0 Å². The Bertz CT molecular complexity index is 593. The molecule has 6 heteroatoms. The zero-order valence-corrected chi connectivity index (χ0v) is 12.9. The Labute approximate surface area is 130 Å². The van der Waals surface area contributed by atoms with E-state index < -0.39 is 0 Å². The highest BCUT2D eigenvalue weighted by Crippen LogP contribution is 2.26. The topological polar surface area (TPSA) is 67.2 Å². The van der Waals surface area contributed by atoms with Crippen LogP contribution in [0.2, 0.25) is 0 Å². The zero-order chi connectivity index (χ0) is 15.5. The predicted molar refractivity (Wildman–Crippen MR) is 83.2 cm³/mol. The average Bonchev–Trinajstić information content (AvgIpc) is 3.18. The fourth-order valence-corrected chi connectivity index (χ4v) is 3.19. The molecular weight excluding hydrogens is 280 g/mol. The first kappa shape index (κ1) is 14.8. The summed E-state index contributed by atoms with van der Waals surface area (Å²) in [5, 5.41) is 7.04. The molecule has 1 aromatic rings.